The van der Waals surface area contributed by atoms with Crippen molar-refractivity contribution in [2.75, 3.05) is 7.11 Å². The molecule has 1 unspecified atom stereocenters. The summed E-state index contributed by atoms with van der Waals surface area (Å²) in [4.78, 5) is 18.0. The highest BCUT2D eigenvalue weighted by Crippen LogP contribution is 2.27. The third-order valence-electron chi connectivity index (χ3n) is 3.26. The Labute approximate surface area is 117 Å². The summed E-state index contributed by atoms with van der Waals surface area (Å²) in [5.41, 5.74) is 0.888. The van der Waals surface area contributed by atoms with Crippen LogP contribution in [0.15, 0.2) is 35.4 Å². The molecular weight excluding hydrogens is 256 g/mol. The maximum absolute atomic E-state index is 11.5. The molecule has 1 N–H and O–H groups in total. The second-order valence-electron chi connectivity index (χ2n) is 4.55. The van der Waals surface area contributed by atoms with E-state index >= 15 is 0 Å². The Morgan fingerprint density at radius 3 is 2.60 bits per heavy atom. The number of hydrogen-bond acceptors (Lipinski definition) is 4. The van der Waals surface area contributed by atoms with E-state index in [9.17, 15) is 4.79 Å². The van der Waals surface area contributed by atoms with Crippen molar-refractivity contribution in [1.29, 1.82) is 0 Å². The van der Waals surface area contributed by atoms with Crippen LogP contribution in [0.25, 0.3) is 0 Å². The van der Waals surface area contributed by atoms with E-state index in [1.165, 1.54) is 19.0 Å². The lowest BCUT2D eigenvalue weighted by Crippen LogP contribution is -2.10. The standard InChI is InChI=1S/C15H18N2O3/c1-4-10(2)11-5-7-12(8-6-11)20-15-13(19-3)14(18)16-9-17-15/h5-10H,4H2,1-3H3,(H,16,17,18). The van der Waals surface area contributed by atoms with E-state index in [0.717, 1.165) is 6.42 Å². The molecule has 0 spiro atoms. The van der Waals surface area contributed by atoms with E-state index in [1.807, 2.05) is 24.3 Å². The smallest absolute Gasteiger partial charge is 0.297 e. The molecule has 0 fully saturated rings. The SMILES string of the molecule is CCC(C)c1ccc(Oc2nc[nH]c(=O)c2OC)cc1. The number of aromatic nitrogens is 2. The summed E-state index contributed by atoms with van der Waals surface area (Å²) in [6.07, 6.45) is 2.37. The maximum atomic E-state index is 11.5. The molecule has 0 amide bonds. The van der Waals surface area contributed by atoms with Crippen molar-refractivity contribution >= 4 is 0 Å². The number of rotatable bonds is 5. The molecule has 1 aromatic carbocycles. The second kappa shape index (κ2) is 6.23. The van der Waals surface area contributed by atoms with Crippen LogP contribution in [0, 0.1) is 0 Å². The Hall–Kier alpha value is -2.30. The van der Waals surface area contributed by atoms with Crippen LogP contribution in [0.4, 0.5) is 0 Å². The van der Waals surface area contributed by atoms with Gasteiger partial charge >= 0.3 is 0 Å². The van der Waals surface area contributed by atoms with Crippen molar-refractivity contribution in [3.05, 3.63) is 46.5 Å². The van der Waals surface area contributed by atoms with Crippen LogP contribution in [-0.2, 0) is 0 Å². The topological polar surface area (TPSA) is 64.2 Å². The first-order chi connectivity index (χ1) is 9.65. The number of methoxy groups -OCH3 is 1. The molecular formula is C15H18N2O3. The summed E-state index contributed by atoms with van der Waals surface area (Å²) in [6.45, 7) is 4.33. The van der Waals surface area contributed by atoms with Gasteiger partial charge in [0.1, 0.15) is 5.75 Å². The molecule has 1 heterocycles. The molecule has 2 aromatic rings. The highest BCUT2D eigenvalue weighted by Gasteiger charge is 2.11. The average Bonchev–Trinajstić information content (AvgIpc) is 2.47. The molecule has 5 heteroatoms. The van der Waals surface area contributed by atoms with E-state index in [0.29, 0.717) is 11.7 Å². The normalized spacial score (nSPS) is 11.9. The van der Waals surface area contributed by atoms with Crippen LogP contribution in [0.3, 0.4) is 0 Å². The van der Waals surface area contributed by atoms with Crippen LogP contribution in [-0.4, -0.2) is 17.1 Å². The van der Waals surface area contributed by atoms with Gasteiger partial charge in [-0.15, -0.1) is 0 Å². The molecule has 1 aromatic heterocycles. The molecule has 0 saturated carbocycles. The van der Waals surface area contributed by atoms with Gasteiger partial charge < -0.3 is 14.5 Å². The minimum Gasteiger partial charge on any atom is -0.487 e. The van der Waals surface area contributed by atoms with E-state index in [-0.39, 0.29) is 17.2 Å². The zero-order valence-electron chi connectivity index (χ0n) is 11.8. The monoisotopic (exact) mass is 274 g/mol. The van der Waals surface area contributed by atoms with Crippen molar-refractivity contribution in [2.45, 2.75) is 26.2 Å². The Balaban J connectivity index is 2.23. The van der Waals surface area contributed by atoms with Crippen LogP contribution < -0.4 is 15.0 Å². The van der Waals surface area contributed by atoms with Crippen molar-refractivity contribution in [2.24, 2.45) is 0 Å². The Morgan fingerprint density at radius 2 is 2.00 bits per heavy atom. The average molecular weight is 274 g/mol. The fraction of sp³-hybridized carbons (Fsp3) is 0.333. The van der Waals surface area contributed by atoms with E-state index in [2.05, 4.69) is 23.8 Å². The van der Waals surface area contributed by atoms with Crippen molar-refractivity contribution < 1.29 is 9.47 Å². The van der Waals surface area contributed by atoms with Gasteiger partial charge in [-0.25, -0.2) is 4.98 Å². The Morgan fingerprint density at radius 1 is 1.30 bits per heavy atom. The molecule has 20 heavy (non-hydrogen) atoms. The number of H-pyrrole nitrogens is 1. The number of aromatic amines is 1. The maximum Gasteiger partial charge on any atom is 0.297 e. The first kappa shape index (κ1) is 14.1. The molecule has 0 bridgehead atoms. The van der Waals surface area contributed by atoms with Gasteiger partial charge in [0.15, 0.2) is 0 Å². The predicted octanol–water partition coefficient (Wildman–Crippen LogP) is 3.08. The van der Waals surface area contributed by atoms with Crippen molar-refractivity contribution in [1.82, 2.24) is 9.97 Å². The molecule has 5 nitrogen and oxygen atoms in total. The second-order valence-corrected chi connectivity index (χ2v) is 4.55. The quantitative estimate of drug-likeness (QED) is 0.910. The first-order valence-electron chi connectivity index (χ1n) is 6.55. The number of ether oxygens (including phenoxy) is 2. The van der Waals surface area contributed by atoms with Crippen LogP contribution in [0.5, 0.6) is 17.4 Å². The van der Waals surface area contributed by atoms with Gasteiger partial charge in [0.05, 0.1) is 13.4 Å². The van der Waals surface area contributed by atoms with E-state index < -0.39 is 0 Å². The largest absolute Gasteiger partial charge is 0.487 e. The summed E-state index contributed by atoms with van der Waals surface area (Å²) in [5, 5.41) is 0. The minimum atomic E-state index is -0.367. The summed E-state index contributed by atoms with van der Waals surface area (Å²) in [6, 6.07) is 7.76. The summed E-state index contributed by atoms with van der Waals surface area (Å²) < 4.78 is 10.6. The van der Waals surface area contributed by atoms with Gasteiger partial charge in [0.25, 0.3) is 11.4 Å². The molecule has 106 valence electrons. The van der Waals surface area contributed by atoms with E-state index in [1.54, 1.807) is 0 Å². The van der Waals surface area contributed by atoms with Gasteiger partial charge in [-0.2, -0.15) is 0 Å². The molecule has 1 atom stereocenters. The molecule has 2 rings (SSSR count). The first-order valence-corrected chi connectivity index (χ1v) is 6.55. The summed E-state index contributed by atoms with van der Waals surface area (Å²) >= 11 is 0. The lowest BCUT2D eigenvalue weighted by Gasteiger charge is -2.11. The van der Waals surface area contributed by atoms with Crippen molar-refractivity contribution in [3.63, 3.8) is 0 Å². The Bertz CT molecular complexity index is 620. The number of nitrogens with zero attached hydrogens (tertiary/aromatic N) is 1. The Kier molecular flexibility index (Phi) is 4.40. The van der Waals surface area contributed by atoms with Gasteiger partial charge in [-0.05, 0) is 30.0 Å². The predicted molar refractivity (Wildman–Crippen MR) is 76.6 cm³/mol. The summed E-state index contributed by atoms with van der Waals surface area (Å²) in [5.74, 6) is 1.36. The van der Waals surface area contributed by atoms with Crippen LogP contribution in [0.2, 0.25) is 0 Å². The molecule has 0 aliphatic rings. The molecule has 0 aliphatic carbocycles. The minimum absolute atomic E-state index is 0.0681. The van der Waals surface area contributed by atoms with E-state index in [4.69, 9.17) is 9.47 Å². The fourth-order valence-corrected chi connectivity index (χ4v) is 1.84. The number of nitrogens with one attached hydrogen (secondary N) is 1. The molecule has 0 saturated heterocycles. The lowest BCUT2D eigenvalue weighted by molar-refractivity contribution is 0.363. The highest BCUT2D eigenvalue weighted by molar-refractivity contribution is 5.36. The third kappa shape index (κ3) is 2.99. The zero-order chi connectivity index (χ0) is 14.5. The van der Waals surface area contributed by atoms with Crippen LogP contribution in [0.1, 0.15) is 31.7 Å². The van der Waals surface area contributed by atoms with Crippen molar-refractivity contribution in [3.8, 4) is 17.4 Å². The van der Waals surface area contributed by atoms with Gasteiger partial charge in [-0.3, -0.25) is 4.79 Å². The molecule has 0 radical (unpaired) electrons. The highest BCUT2D eigenvalue weighted by atomic mass is 16.5. The lowest BCUT2D eigenvalue weighted by atomic mass is 9.99. The summed E-state index contributed by atoms with van der Waals surface area (Å²) in [7, 11) is 1.41. The third-order valence-corrected chi connectivity index (χ3v) is 3.26. The van der Waals surface area contributed by atoms with Gasteiger partial charge in [0, 0.05) is 0 Å². The number of benzene rings is 1. The van der Waals surface area contributed by atoms with Crippen LogP contribution >= 0.6 is 0 Å². The fourth-order valence-electron chi connectivity index (χ4n) is 1.84. The zero-order valence-corrected chi connectivity index (χ0v) is 11.8. The van der Waals surface area contributed by atoms with Gasteiger partial charge in [0.2, 0.25) is 5.75 Å². The van der Waals surface area contributed by atoms with Gasteiger partial charge in [-0.1, -0.05) is 26.0 Å². The molecule has 0 aliphatic heterocycles. The number of hydrogen-bond donors (Lipinski definition) is 1.